The van der Waals surface area contributed by atoms with E-state index >= 15 is 0 Å². The third-order valence-electron chi connectivity index (χ3n) is 7.71. The van der Waals surface area contributed by atoms with Crippen LogP contribution in [0.4, 0.5) is 23.2 Å². The number of hydrogen-bond donors (Lipinski definition) is 2. The van der Waals surface area contributed by atoms with Crippen molar-refractivity contribution < 1.29 is 32.3 Å². The number of benzene rings is 2. The molecule has 0 bridgehead atoms. The predicted octanol–water partition coefficient (Wildman–Crippen LogP) is 3.84. The third kappa shape index (κ3) is 5.74. The summed E-state index contributed by atoms with van der Waals surface area (Å²) in [6.07, 6.45) is -4.19. The van der Waals surface area contributed by atoms with Crippen molar-refractivity contribution in [3.05, 3.63) is 65.5 Å². The monoisotopic (exact) mass is 550 g/mol. The van der Waals surface area contributed by atoms with Gasteiger partial charge < -0.3 is 20.2 Å². The maximum absolute atomic E-state index is 14.6. The van der Waals surface area contributed by atoms with E-state index in [-0.39, 0.29) is 36.6 Å². The van der Waals surface area contributed by atoms with E-state index in [2.05, 4.69) is 10.2 Å². The summed E-state index contributed by atoms with van der Waals surface area (Å²) in [6, 6.07) is 11.1. The number of hydrogen-bond acceptors (Lipinski definition) is 5. The Balaban J connectivity index is 1.29. The van der Waals surface area contributed by atoms with Crippen molar-refractivity contribution >= 4 is 17.5 Å². The van der Waals surface area contributed by atoms with E-state index in [0.29, 0.717) is 44.7 Å². The molecule has 39 heavy (non-hydrogen) atoms. The smallest absolute Gasteiger partial charge is 0.380 e. The van der Waals surface area contributed by atoms with Crippen molar-refractivity contribution in [2.45, 2.75) is 50.6 Å². The molecule has 2 aliphatic rings. The largest absolute Gasteiger partial charge is 0.430 e. The lowest BCUT2D eigenvalue weighted by molar-refractivity contribution is -0.262. The number of piperidine rings is 1. The lowest BCUT2D eigenvalue weighted by Crippen LogP contribution is -2.62. The first kappa shape index (κ1) is 28.8. The zero-order chi connectivity index (χ0) is 28.4. The number of anilines is 1. The Labute approximate surface area is 225 Å². The van der Waals surface area contributed by atoms with E-state index in [1.165, 1.54) is 30.3 Å². The van der Waals surface area contributed by atoms with Gasteiger partial charge in [-0.25, -0.2) is 4.39 Å². The minimum atomic E-state index is -5.16. The fourth-order valence-corrected chi connectivity index (χ4v) is 5.35. The van der Waals surface area contributed by atoms with Gasteiger partial charge in [0.15, 0.2) is 0 Å². The Morgan fingerprint density at radius 2 is 1.64 bits per heavy atom. The van der Waals surface area contributed by atoms with Gasteiger partial charge in [-0.1, -0.05) is 30.3 Å². The Hall–Kier alpha value is -3.18. The molecule has 7 nitrogen and oxygen atoms in total. The van der Waals surface area contributed by atoms with Gasteiger partial charge in [-0.05, 0) is 44.9 Å². The summed E-state index contributed by atoms with van der Waals surface area (Å²) in [7, 11) is 0. The number of nitrogens with zero attached hydrogens (tertiary/aromatic N) is 3. The molecule has 0 aromatic heterocycles. The normalized spacial score (nSPS) is 18.8. The van der Waals surface area contributed by atoms with E-state index in [1.807, 2.05) is 13.8 Å². The molecule has 4 rings (SSSR count). The number of carbonyl (C=O) groups is 2. The van der Waals surface area contributed by atoms with E-state index < -0.39 is 29.1 Å². The summed E-state index contributed by atoms with van der Waals surface area (Å²) in [5.74, 6) is -2.28. The lowest BCUT2D eigenvalue weighted by Gasteiger charge is -2.48. The van der Waals surface area contributed by atoms with Crippen molar-refractivity contribution in [2.24, 2.45) is 0 Å². The Morgan fingerprint density at radius 1 is 1.03 bits per heavy atom. The highest BCUT2D eigenvalue weighted by Crippen LogP contribution is 2.41. The first-order chi connectivity index (χ1) is 18.5. The van der Waals surface area contributed by atoms with Gasteiger partial charge >= 0.3 is 6.18 Å². The van der Waals surface area contributed by atoms with Gasteiger partial charge in [0, 0.05) is 56.6 Å². The highest BCUT2D eigenvalue weighted by molar-refractivity contribution is 5.94. The van der Waals surface area contributed by atoms with E-state index in [9.17, 15) is 32.3 Å². The van der Waals surface area contributed by atoms with E-state index in [1.54, 1.807) is 11.0 Å². The van der Waals surface area contributed by atoms with Crippen LogP contribution in [0, 0.1) is 5.82 Å². The van der Waals surface area contributed by atoms with Gasteiger partial charge in [0.2, 0.25) is 0 Å². The van der Waals surface area contributed by atoms with Crippen molar-refractivity contribution in [1.29, 1.82) is 0 Å². The van der Waals surface area contributed by atoms with Crippen molar-refractivity contribution in [2.75, 3.05) is 44.6 Å². The van der Waals surface area contributed by atoms with Crippen LogP contribution in [0.1, 0.15) is 42.6 Å². The quantitative estimate of drug-likeness (QED) is 0.489. The Kier molecular flexibility index (Phi) is 8.51. The molecule has 2 aromatic rings. The zero-order valence-electron chi connectivity index (χ0n) is 22.0. The van der Waals surface area contributed by atoms with Gasteiger partial charge in [-0.2, -0.15) is 13.2 Å². The highest BCUT2D eigenvalue weighted by atomic mass is 19.4. The summed E-state index contributed by atoms with van der Waals surface area (Å²) in [6.45, 7) is 6.21. The number of rotatable bonds is 8. The molecule has 0 radical (unpaired) electrons. The van der Waals surface area contributed by atoms with Crippen molar-refractivity contribution in [3.8, 4) is 0 Å². The number of carbonyl (C=O) groups excluding carboxylic acids is 2. The van der Waals surface area contributed by atoms with E-state index in [0.717, 1.165) is 17.0 Å². The zero-order valence-corrected chi connectivity index (χ0v) is 22.0. The molecule has 2 aliphatic heterocycles. The van der Waals surface area contributed by atoms with Gasteiger partial charge in [0.1, 0.15) is 5.82 Å². The molecular weight excluding hydrogens is 516 g/mol. The molecule has 2 amide bonds. The van der Waals surface area contributed by atoms with Crippen LogP contribution in [0.25, 0.3) is 0 Å². The minimum absolute atomic E-state index is 0.0329. The highest BCUT2D eigenvalue weighted by Gasteiger charge is 2.62. The molecule has 0 saturated carbocycles. The maximum Gasteiger partial charge on any atom is 0.430 e. The SMILES string of the molecule is CCN(CC)C(=O)c1ccc(NC2CN(C3CCN(C(=O)C(O)(c4ccccc4)C(F)(F)F)CC3)C2)cc1F. The molecule has 2 heterocycles. The summed E-state index contributed by atoms with van der Waals surface area (Å²) >= 11 is 0. The summed E-state index contributed by atoms with van der Waals surface area (Å²) in [5.41, 5.74) is -3.48. The number of halogens is 4. The molecule has 2 fully saturated rings. The topological polar surface area (TPSA) is 76.1 Å². The van der Waals surface area contributed by atoms with Crippen LogP contribution < -0.4 is 5.32 Å². The number of likely N-dealkylation sites (tertiary alicyclic amines) is 2. The number of aliphatic hydroxyl groups is 1. The third-order valence-corrected chi connectivity index (χ3v) is 7.71. The number of alkyl halides is 3. The van der Waals surface area contributed by atoms with Crippen molar-refractivity contribution in [3.63, 3.8) is 0 Å². The molecular formula is C28H34F4N4O3. The Morgan fingerprint density at radius 3 is 2.18 bits per heavy atom. The average molecular weight is 551 g/mol. The molecule has 0 aliphatic carbocycles. The summed E-state index contributed by atoms with van der Waals surface area (Å²) in [5, 5.41) is 13.8. The van der Waals surface area contributed by atoms with Crippen LogP contribution in [0.5, 0.6) is 0 Å². The van der Waals surface area contributed by atoms with Gasteiger partial charge in [-0.3, -0.25) is 14.5 Å². The van der Waals surface area contributed by atoms with Crippen LogP contribution in [0.3, 0.4) is 0 Å². The lowest BCUT2D eigenvalue weighted by atomic mass is 9.89. The summed E-state index contributed by atoms with van der Waals surface area (Å²) in [4.78, 5) is 30.2. The van der Waals surface area contributed by atoms with Crippen molar-refractivity contribution in [1.82, 2.24) is 14.7 Å². The molecule has 2 N–H and O–H groups in total. The number of nitrogens with one attached hydrogen (secondary N) is 1. The molecule has 1 unspecified atom stereocenters. The predicted molar refractivity (Wildman–Crippen MR) is 139 cm³/mol. The first-order valence-electron chi connectivity index (χ1n) is 13.2. The molecule has 212 valence electrons. The van der Waals surface area contributed by atoms with Crippen LogP contribution in [-0.4, -0.2) is 89.1 Å². The second-order valence-corrected chi connectivity index (χ2v) is 10.1. The van der Waals surface area contributed by atoms with Gasteiger partial charge in [-0.15, -0.1) is 0 Å². The second kappa shape index (κ2) is 11.5. The molecule has 2 saturated heterocycles. The first-order valence-corrected chi connectivity index (χ1v) is 13.2. The fourth-order valence-electron chi connectivity index (χ4n) is 5.35. The Bertz CT molecular complexity index is 1160. The molecule has 11 heteroatoms. The van der Waals surface area contributed by atoms with Gasteiger partial charge in [0.05, 0.1) is 11.6 Å². The van der Waals surface area contributed by atoms with Crippen LogP contribution in [0.15, 0.2) is 48.5 Å². The molecule has 1 atom stereocenters. The second-order valence-electron chi connectivity index (χ2n) is 10.1. The van der Waals surface area contributed by atoms with Crippen LogP contribution in [0.2, 0.25) is 0 Å². The van der Waals surface area contributed by atoms with Crippen LogP contribution >= 0.6 is 0 Å². The fraction of sp³-hybridized carbons (Fsp3) is 0.500. The molecule has 0 spiro atoms. The van der Waals surface area contributed by atoms with Crippen LogP contribution in [-0.2, 0) is 10.4 Å². The standard InChI is InChI=1S/C28H34F4N4O3/c1-3-34(4-2)25(37)23-11-10-20(16-24(23)29)33-21-17-36(18-21)22-12-14-35(15-13-22)26(38)27(39,28(30,31)32)19-8-6-5-7-9-19/h5-11,16,21-22,33,39H,3-4,12-15,17-18H2,1-2H3. The maximum atomic E-state index is 14.6. The molecule has 2 aromatic carbocycles. The number of amides is 2. The van der Waals surface area contributed by atoms with E-state index in [4.69, 9.17) is 0 Å². The minimum Gasteiger partial charge on any atom is -0.380 e. The average Bonchev–Trinajstić information content (AvgIpc) is 2.90. The van der Waals surface area contributed by atoms with Gasteiger partial charge in [0.25, 0.3) is 17.4 Å². The summed E-state index contributed by atoms with van der Waals surface area (Å²) < 4.78 is 56.3.